The zero-order valence-corrected chi connectivity index (χ0v) is 12.1. The van der Waals surface area contributed by atoms with Gasteiger partial charge in [0.15, 0.2) is 0 Å². The number of nitrogens with two attached hydrogens (primary N) is 1. The molecule has 0 fully saturated rings. The maximum atomic E-state index is 12.0. The number of hydrogen-bond donors (Lipinski definition) is 2. The summed E-state index contributed by atoms with van der Waals surface area (Å²) < 4.78 is 0. The minimum absolute atomic E-state index is 0.0820. The van der Waals surface area contributed by atoms with Crippen LogP contribution in [0.2, 0.25) is 0 Å². The molecule has 20 heavy (non-hydrogen) atoms. The molecule has 1 atom stereocenters. The Morgan fingerprint density at radius 2 is 2.05 bits per heavy atom. The highest BCUT2D eigenvalue weighted by Crippen LogP contribution is 2.07. The second-order valence-electron chi connectivity index (χ2n) is 5.04. The van der Waals surface area contributed by atoms with Gasteiger partial charge in [0, 0.05) is 25.9 Å². The van der Waals surface area contributed by atoms with E-state index in [9.17, 15) is 4.79 Å². The zero-order valence-electron chi connectivity index (χ0n) is 12.1. The summed E-state index contributed by atoms with van der Waals surface area (Å²) in [5.41, 5.74) is 6.75. The Hall–Kier alpha value is -2.04. The van der Waals surface area contributed by atoms with Crippen LogP contribution in [0.1, 0.15) is 25.3 Å². The number of nitrogens with zero attached hydrogens (tertiary/aromatic N) is 2. The number of aryl methyl sites for hydroxylation is 1. The van der Waals surface area contributed by atoms with Crippen molar-refractivity contribution in [3.8, 4) is 0 Å². The predicted molar refractivity (Wildman–Crippen MR) is 79.6 cm³/mol. The first kappa shape index (κ1) is 16.0. The van der Waals surface area contributed by atoms with Gasteiger partial charge >= 0.3 is 0 Å². The average Bonchev–Trinajstić information content (AvgIpc) is 2.47. The summed E-state index contributed by atoms with van der Waals surface area (Å²) in [6.45, 7) is 2.28. The highest BCUT2D eigenvalue weighted by molar-refractivity contribution is 5.83. The smallest absolute Gasteiger partial charge is 0.222 e. The van der Waals surface area contributed by atoms with Crippen LogP contribution >= 0.6 is 0 Å². The van der Waals surface area contributed by atoms with Crippen molar-refractivity contribution < 1.29 is 10.0 Å². The molecule has 3 N–H and O–H groups in total. The van der Waals surface area contributed by atoms with Crippen molar-refractivity contribution in [1.82, 2.24) is 4.90 Å². The normalized spacial score (nSPS) is 13.0. The molecule has 110 valence electrons. The Bertz CT molecular complexity index is 446. The Labute approximate surface area is 120 Å². The zero-order chi connectivity index (χ0) is 15.0. The van der Waals surface area contributed by atoms with Crippen LogP contribution in [-0.2, 0) is 11.2 Å². The fraction of sp³-hybridized carbons (Fsp3) is 0.467. The summed E-state index contributed by atoms with van der Waals surface area (Å²) in [6, 6.07) is 10.1. The Balaban J connectivity index is 2.32. The van der Waals surface area contributed by atoms with E-state index in [2.05, 4.69) is 17.3 Å². The van der Waals surface area contributed by atoms with Crippen molar-refractivity contribution in [1.29, 1.82) is 0 Å². The van der Waals surface area contributed by atoms with Crippen LogP contribution < -0.4 is 5.73 Å². The summed E-state index contributed by atoms with van der Waals surface area (Å²) >= 11 is 0. The van der Waals surface area contributed by atoms with Gasteiger partial charge in [-0.05, 0) is 18.4 Å². The molecule has 0 aliphatic carbocycles. The fourth-order valence-electron chi connectivity index (χ4n) is 1.98. The molecule has 1 aromatic carbocycles. The highest BCUT2D eigenvalue weighted by atomic mass is 16.4. The number of amidine groups is 1. The van der Waals surface area contributed by atoms with E-state index in [-0.39, 0.29) is 17.7 Å². The lowest BCUT2D eigenvalue weighted by atomic mass is 10.1. The van der Waals surface area contributed by atoms with Crippen LogP contribution in [0.15, 0.2) is 35.5 Å². The van der Waals surface area contributed by atoms with E-state index in [0.717, 1.165) is 12.8 Å². The molecule has 5 nitrogen and oxygen atoms in total. The molecule has 0 spiro atoms. The quantitative estimate of drug-likeness (QED) is 0.345. The van der Waals surface area contributed by atoms with Crippen LogP contribution in [0.4, 0.5) is 0 Å². The third kappa shape index (κ3) is 5.30. The van der Waals surface area contributed by atoms with E-state index < -0.39 is 0 Å². The van der Waals surface area contributed by atoms with Crippen LogP contribution in [0, 0.1) is 5.92 Å². The standard InChI is InChI=1S/C15H23N3O2/c1-12(15(16)17-20)11-18(2)14(19)10-6-9-13-7-4-3-5-8-13/h3-5,7-8,12,20H,6,9-11H2,1-2H3,(H2,16,17). The van der Waals surface area contributed by atoms with Gasteiger partial charge in [-0.1, -0.05) is 42.4 Å². The van der Waals surface area contributed by atoms with Gasteiger partial charge in [0.2, 0.25) is 5.91 Å². The van der Waals surface area contributed by atoms with Crippen molar-refractivity contribution in [3.05, 3.63) is 35.9 Å². The molecule has 0 heterocycles. The van der Waals surface area contributed by atoms with E-state index in [1.807, 2.05) is 25.1 Å². The minimum atomic E-state index is -0.150. The van der Waals surface area contributed by atoms with Gasteiger partial charge in [0.1, 0.15) is 5.84 Å². The molecule has 0 saturated carbocycles. The summed E-state index contributed by atoms with van der Waals surface area (Å²) in [5.74, 6) is 0.0792. The monoisotopic (exact) mass is 277 g/mol. The fourth-order valence-corrected chi connectivity index (χ4v) is 1.98. The molecule has 1 rings (SSSR count). The number of hydrogen-bond acceptors (Lipinski definition) is 3. The van der Waals surface area contributed by atoms with Crippen LogP contribution in [0.5, 0.6) is 0 Å². The molecule has 1 unspecified atom stereocenters. The summed E-state index contributed by atoms with van der Waals surface area (Å²) in [7, 11) is 1.74. The molecule has 0 aliphatic rings. The number of carbonyl (C=O) groups is 1. The predicted octanol–water partition coefficient (Wildman–Crippen LogP) is 1.85. The number of rotatable bonds is 7. The molecular weight excluding hydrogens is 254 g/mol. The lowest BCUT2D eigenvalue weighted by molar-refractivity contribution is -0.130. The molecular formula is C15H23N3O2. The van der Waals surface area contributed by atoms with E-state index in [0.29, 0.717) is 13.0 Å². The topological polar surface area (TPSA) is 78.9 Å². The van der Waals surface area contributed by atoms with Crippen molar-refractivity contribution >= 4 is 11.7 Å². The molecule has 0 saturated heterocycles. The first-order valence-electron chi connectivity index (χ1n) is 6.80. The molecule has 0 aliphatic heterocycles. The lowest BCUT2D eigenvalue weighted by Gasteiger charge is -2.20. The van der Waals surface area contributed by atoms with Crippen LogP contribution in [-0.4, -0.2) is 35.4 Å². The van der Waals surface area contributed by atoms with E-state index >= 15 is 0 Å². The van der Waals surface area contributed by atoms with Gasteiger partial charge in [0.05, 0.1) is 0 Å². The third-order valence-corrected chi connectivity index (χ3v) is 3.29. The Morgan fingerprint density at radius 1 is 1.40 bits per heavy atom. The lowest BCUT2D eigenvalue weighted by Crippen LogP contribution is -2.36. The molecule has 5 heteroatoms. The van der Waals surface area contributed by atoms with Gasteiger partial charge in [-0.15, -0.1) is 0 Å². The number of benzene rings is 1. The summed E-state index contributed by atoms with van der Waals surface area (Å²) in [5, 5.41) is 11.5. The van der Waals surface area contributed by atoms with Gasteiger partial charge in [-0.2, -0.15) is 0 Å². The van der Waals surface area contributed by atoms with E-state index in [1.54, 1.807) is 11.9 Å². The van der Waals surface area contributed by atoms with Crippen molar-refractivity contribution in [2.45, 2.75) is 26.2 Å². The van der Waals surface area contributed by atoms with Crippen LogP contribution in [0.25, 0.3) is 0 Å². The summed E-state index contributed by atoms with van der Waals surface area (Å²) in [6.07, 6.45) is 2.23. The minimum Gasteiger partial charge on any atom is -0.409 e. The SMILES string of the molecule is CC(CN(C)C(=O)CCCc1ccccc1)C(N)=NO. The number of carbonyl (C=O) groups excluding carboxylic acids is 1. The molecule has 0 radical (unpaired) electrons. The van der Waals surface area contributed by atoms with Crippen molar-refractivity contribution in [2.24, 2.45) is 16.8 Å². The first-order valence-corrected chi connectivity index (χ1v) is 6.80. The Kier molecular flexibility index (Phi) is 6.56. The Morgan fingerprint density at radius 3 is 2.65 bits per heavy atom. The van der Waals surface area contributed by atoms with E-state index in [1.165, 1.54) is 5.56 Å². The van der Waals surface area contributed by atoms with Gasteiger partial charge < -0.3 is 15.8 Å². The van der Waals surface area contributed by atoms with Gasteiger partial charge in [0.25, 0.3) is 0 Å². The molecule has 1 aromatic rings. The number of oxime groups is 1. The second kappa shape index (κ2) is 8.19. The molecule has 0 bridgehead atoms. The van der Waals surface area contributed by atoms with Crippen LogP contribution in [0.3, 0.4) is 0 Å². The number of amides is 1. The van der Waals surface area contributed by atoms with E-state index in [4.69, 9.17) is 10.9 Å². The second-order valence-corrected chi connectivity index (χ2v) is 5.04. The van der Waals surface area contributed by atoms with Gasteiger partial charge in [-0.25, -0.2) is 0 Å². The third-order valence-electron chi connectivity index (χ3n) is 3.29. The van der Waals surface area contributed by atoms with Crippen molar-refractivity contribution in [3.63, 3.8) is 0 Å². The average molecular weight is 277 g/mol. The largest absolute Gasteiger partial charge is 0.409 e. The maximum Gasteiger partial charge on any atom is 0.222 e. The van der Waals surface area contributed by atoms with Crippen molar-refractivity contribution in [2.75, 3.05) is 13.6 Å². The molecule has 0 aromatic heterocycles. The van der Waals surface area contributed by atoms with Gasteiger partial charge in [-0.3, -0.25) is 4.79 Å². The highest BCUT2D eigenvalue weighted by Gasteiger charge is 2.15. The molecule has 1 amide bonds. The summed E-state index contributed by atoms with van der Waals surface area (Å²) in [4.78, 5) is 13.6. The maximum absolute atomic E-state index is 12.0. The first-order chi connectivity index (χ1) is 9.54.